The van der Waals surface area contributed by atoms with E-state index in [0.29, 0.717) is 26.3 Å². The van der Waals surface area contributed by atoms with Crippen molar-refractivity contribution in [2.24, 2.45) is 5.92 Å². The molecule has 2 unspecified atom stereocenters. The lowest BCUT2D eigenvalue weighted by molar-refractivity contribution is -0.138. The van der Waals surface area contributed by atoms with Crippen molar-refractivity contribution in [3.63, 3.8) is 0 Å². The SMILES string of the molecule is CC(C)C1COC(=O)N1C(=O)C(CC(=O)N1CCOCC1)S(C)(=O)=O. The number of cyclic esters (lactones) is 1. The van der Waals surface area contributed by atoms with Gasteiger partial charge in [-0.3, -0.25) is 9.59 Å². The third-order valence-corrected chi connectivity index (χ3v) is 5.83. The third-order valence-electron chi connectivity index (χ3n) is 4.43. The number of ether oxygens (including phenoxy) is 2. The van der Waals surface area contributed by atoms with E-state index in [-0.39, 0.29) is 12.5 Å². The van der Waals surface area contributed by atoms with E-state index in [1.54, 1.807) is 13.8 Å². The molecule has 25 heavy (non-hydrogen) atoms. The number of morpholine rings is 1. The van der Waals surface area contributed by atoms with Gasteiger partial charge in [-0.25, -0.2) is 18.1 Å². The lowest BCUT2D eigenvalue weighted by Gasteiger charge is -2.29. The summed E-state index contributed by atoms with van der Waals surface area (Å²) in [5.41, 5.74) is 0. The first-order valence-electron chi connectivity index (χ1n) is 8.17. The van der Waals surface area contributed by atoms with Crippen molar-refractivity contribution in [3.05, 3.63) is 0 Å². The van der Waals surface area contributed by atoms with Gasteiger partial charge in [0.05, 0.1) is 25.7 Å². The highest BCUT2D eigenvalue weighted by Gasteiger charge is 2.45. The largest absolute Gasteiger partial charge is 0.447 e. The summed E-state index contributed by atoms with van der Waals surface area (Å²) in [6.45, 7) is 5.08. The molecule has 2 aliphatic rings. The second-order valence-corrected chi connectivity index (χ2v) is 8.84. The van der Waals surface area contributed by atoms with Crippen LogP contribution < -0.4 is 0 Å². The smallest absolute Gasteiger partial charge is 0.417 e. The summed E-state index contributed by atoms with van der Waals surface area (Å²) in [6, 6.07) is -0.539. The summed E-state index contributed by atoms with van der Waals surface area (Å²) in [4.78, 5) is 39.4. The molecule has 2 rings (SSSR count). The highest BCUT2D eigenvalue weighted by Crippen LogP contribution is 2.23. The van der Waals surface area contributed by atoms with Crippen LogP contribution in [-0.2, 0) is 28.9 Å². The highest BCUT2D eigenvalue weighted by molar-refractivity contribution is 7.92. The standard InChI is InChI=1S/C15H24N2O7S/c1-10(2)11-9-24-15(20)17(11)14(19)12(25(3,21)22)8-13(18)16-4-6-23-7-5-16/h10-12H,4-9H2,1-3H3. The molecule has 0 aromatic carbocycles. The molecule has 0 spiro atoms. The van der Waals surface area contributed by atoms with Crippen molar-refractivity contribution >= 4 is 27.7 Å². The van der Waals surface area contributed by atoms with Crippen molar-refractivity contribution < 1.29 is 32.3 Å². The van der Waals surface area contributed by atoms with Gasteiger partial charge in [0.1, 0.15) is 11.9 Å². The molecule has 142 valence electrons. The summed E-state index contributed by atoms with van der Waals surface area (Å²) < 4.78 is 34.3. The second-order valence-electron chi connectivity index (χ2n) is 6.61. The number of hydrogen-bond donors (Lipinski definition) is 0. The summed E-state index contributed by atoms with van der Waals surface area (Å²) in [6.07, 6.45) is -0.462. The van der Waals surface area contributed by atoms with Gasteiger partial charge in [-0.1, -0.05) is 13.8 Å². The first-order chi connectivity index (χ1) is 11.6. The van der Waals surface area contributed by atoms with Crippen molar-refractivity contribution in [2.75, 3.05) is 39.2 Å². The fourth-order valence-electron chi connectivity index (χ4n) is 2.86. The Hall–Kier alpha value is -1.68. The van der Waals surface area contributed by atoms with Crippen LogP contribution in [0.2, 0.25) is 0 Å². The minimum absolute atomic E-state index is 0.0239. The molecule has 0 radical (unpaired) electrons. The molecule has 0 aromatic rings. The van der Waals surface area contributed by atoms with E-state index in [2.05, 4.69) is 0 Å². The maximum absolute atomic E-state index is 12.8. The average Bonchev–Trinajstić information content (AvgIpc) is 2.93. The predicted octanol–water partition coefficient (Wildman–Crippen LogP) is -0.348. The fourth-order valence-corrected chi connectivity index (χ4v) is 3.78. The van der Waals surface area contributed by atoms with Crippen LogP contribution in [0, 0.1) is 5.92 Å². The second kappa shape index (κ2) is 7.69. The van der Waals surface area contributed by atoms with Gasteiger partial charge < -0.3 is 14.4 Å². The van der Waals surface area contributed by atoms with Gasteiger partial charge in [0.25, 0.3) is 5.91 Å². The zero-order chi connectivity index (χ0) is 18.8. The Balaban J connectivity index is 2.20. The topological polar surface area (TPSA) is 110 Å². The van der Waals surface area contributed by atoms with Crippen LogP contribution in [0.15, 0.2) is 0 Å². The number of hydrogen-bond acceptors (Lipinski definition) is 7. The molecular weight excluding hydrogens is 352 g/mol. The Bertz CT molecular complexity index is 640. The summed E-state index contributed by atoms with van der Waals surface area (Å²) in [5.74, 6) is -1.43. The molecular formula is C15H24N2O7S. The van der Waals surface area contributed by atoms with Crippen molar-refractivity contribution in [2.45, 2.75) is 31.6 Å². The average molecular weight is 376 g/mol. The quantitative estimate of drug-likeness (QED) is 0.645. The molecule has 2 saturated heterocycles. The van der Waals surface area contributed by atoms with Gasteiger partial charge in [-0.15, -0.1) is 0 Å². The van der Waals surface area contributed by atoms with Gasteiger partial charge >= 0.3 is 6.09 Å². The van der Waals surface area contributed by atoms with E-state index in [9.17, 15) is 22.8 Å². The van der Waals surface area contributed by atoms with E-state index >= 15 is 0 Å². The molecule has 2 atom stereocenters. The Morgan fingerprint density at radius 1 is 1.24 bits per heavy atom. The summed E-state index contributed by atoms with van der Waals surface area (Å²) >= 11 is 0. The molecule has 3 amide bonds. The molecule has 2 heterocycles. The van der Waals surface area contributed by atoms with Crippen LogP contribution in [0.5, 0.6) is 0 Å². The number of carbonyl (C=O) groups excluding carboxylic acids is 3. The lowest BCUT2D eigenvalue weighted by atomic mass is 10.0. The first kappa shape index (κ1) is 19.6. The summed E-state index contributed by atoms with van der Waals surface area (Å²) in [7, 11) is -3.89. The zero-order valence-corrected chi connectivity index (χ0v) is 15.5. The number of imide groups is 1. The molecule has 0 N–H and O–H groups in total. The number of sulfone groups is 1. The minimum Gasteiger partial charge on any atom is -0.447 e. The zero-order valence-electron chi connectivity index (χ0n) is 14.6. The van der Waals surface area contributed by atoms with E-state index in [1.165, 1.54) is 4.90 Å². The van der Waals surface area contributed by atoms with E-state index in [4.69, 9.17) is 9.47 Å². The van der Waals surface area contributed by atoms with Crippen LogP contribution in [0.3, 0.4) is 0 Å². The van der Waals surface area contributed by atoms with Crippen LogP contribution in [0.1, 0.15) is 20.3 Å². The Morgan fingerprint density at radius 3 is 2.36 bits per heavy atom. The maximum atomic E-state index is 12.8. The lowest BCUT2D eigenvalue weighted by Crippen LogP contribution is -2.51. The molecule has 0 bridgehead atoms. The number of carbonyl (C=O) groups is 3. The fraction of sp³-hybridized carbons (Fsp3) is 0.800. The van der Waals surface area contributed by atoms with Gasteiger partial charge in [0, 0.05) is 19.3 Å². The van der Waals surface area contributed by atoms with E-state index < -0.39 is 45.5 Å². The predicted molar refractivity (Wildman–Crippen MR) is 87.5 cm³/mol. The Morgan fingerprint density at radius 2 is 1.84 bits per heavy atom. The Labute approximate surface area is 147 Å². The summed E-state index contributed by atoms with van der Waals surface area (Å²) in [5, 5.41) is -1.60. The van der Waals surface area contributed by atoms with Crippen LogP contribution in [0.25, 0.3) is 0 Å². The van der Waals surface area contributed by atoms with Gasteiger partial charge in [0.15, 0.2) is 9.84 Å². The molecule has 9 nitrogen and oxygen atoms in total. The van der Waals surface area contributed by atoms with Gasteiger partial charge in [-0.2, -0.15) is 0 Å². The molecule has 10 heteroatoms. The van der Waals surface area contributed by atoms with Crippen molar-refractivity contribution in [1.82, 2.24) is 9.80 Å². The highest BCUT2D eigenvalue weighted by atomic mass is 32.2. The third kappa shape index (κ3) is 4.49. The molecule has 0 aromatic heterocycles. The van der Waals surface area contributed by atoms with Gasteiger partial charge in [-0.05, 0) is 5.92 Å². The van der Waals surface area contributed by atoms with Crippen molar-refractivity contribution in [1.29, 1.82) is 0 Å². The van der Waals surface area contributed by atoms with E-state index in [0.717, 1.165) is 11.2 Å². The van der Waals surface area contributed by atoms with Crippen LogP contribution in [0.4, 0.5) is 4.79 Å². The number of amides is 3. The molecule has 0 saturated carbocycles. The number of nitrogens with zero attached hydrogens (tertiary/aromatic N) is 2. The Kier molecular flexibility index (Phi) is 6.04. The first-order valence-corrected chi connectivity index (χ1v) is 10.1. The molecule has 2 aliphatic heterocycles. The van der Waals surface area contributed by atoms with Crippen molar-refractivity contribution in [3.8, 4) is 0 Å². The number of rotatable bonds is 5. The van der Waals surface area contributed by atoms with Crippen LogP contribution >= 0.6 is 0 Å². The minimum atomic E-state index is -3.89. The molecule has 0 aliphatic carbocycles. The van der Waals surface area contributed by atoms with Gasteiger partial charge in [0.2, 0.25) is 5.91 Å². The molecule has 2 fully saturated rings. The normalized spacial score (nSPS) is 22.9. The van der Waals surface area contributed by atoms with E-state index in [1.807, 2.05) is 0 Å². The van der Waals surface area contributed by atoms with Crippen LogP contribution in [-0.4, -0.2) is 86.6 Å². The maximum Gasteiger partial charge on any atom is 0.417 e. The monoisotopic (exact) mass is 376 g/mol.